The van der Waals surface area contributed by atoms with Crippen LogP contribution in [-0.2, 0) is 4.79 Å². The number of carboxylic acid groups (broad SMARTS) is 1. The number of aryl methyl sites for hydroxylation is 1. The third-order valence-electron chi connectivity index (χ3n) is 5.65. The highest BCUT2D eigenvalue weighted by molar-refractivity contribution is 7.18. The van der Waals surface area contributed by atoms with Crippen molar-refractivity contribution in [2.45, 2.75) is 20.8 Å². The van der Waals surface area contributed by atoms with Gasteiger partial charge in [0.2, 0.25) is 0 Å². The molecular formula is C22H28N4O3S. The maximum atomic E-state index is 11.5. The molecule has 30 heavy (non-hydrogen) atoms. The first-order valence-corrected chi connectivity index (χ1v) is 10.9. The van der Waals surface area contributed by atoms with Crippen LogP contribution in [0.4, 0.5) is 16.4 Å². The number of carbonyl (C=O) groups is 1. The summed E-state index contributed by atoms with van der Waals surface area (Å²) < 4.78 is 5.49. The molecule has 0 bridgehead atoms. The van der Waals surface area contributed by atoms with E-state index in [9.17, 15) is 9.90 Å². The minimum absolute atomic E-state index is 0.545. The normalized spacial score (nSPS) is 16.8. The number of anilines is 2. The number of benzene rings is 1. The van der Waals surface area contributed by atoms with Crippen LogP contribution in [0, 0.1) is 12.3 Å². The smallest absolute Gasteiger partial charge is 0.310 e. The summed E-state index contributed by atoms with van der Waals surface area (Å²) in [5.41, 5.74) is 3.38. The predicted molar refractivity (Wildman–Crippen MR) is 121 cm³/mol. The van der Waals surface area contributed by atoms with Crippen LogP contribution in [0.15, 0.2) is 29.3 Å². The fraction of sp³-hybridized carbons (Fsp3) is 0.455. The first kappa shape index (κ1) is 20.7. The van der Waals surface area contributed by atoms with Gasteiger partial charge in [0, 0.05) is 38.8 Å². The van der Waals surface area contributed by atoms with Gasteiger partial charge in [0.15, 0.2) is 5.06 Å². The Bertz CT molecular complexity index is 990. The van der Waals surface area contributed by atoms with Crippen molar-refractivity contribution >= 4 is 39.5 Å². The molecule has 0 saturated carbocycles. The summed E-state index contributed by atoms with van der Waals surface area (Å²) in [6.07, 6.45) is 0. The zero-order valence-electron chi connectivity index (χ0n) is 17.9. The van der Waals surface area contributed by atoms with Crippen molar-refractivity contribution in [3.63, 3.8) is 0 Å². The summed E-state index contributed by atoms with van der Waals surface area (Å²) in [7, 11) is 1.68. The maximum absolute atomic E-state index is 11.5. The Morgan fingerprint density at radius 3 is 2.67 bits per heavy atom. The second kappa shape index (κ2) is 7.92. The third-order valence-corrected chi connectivity index (χ3v) is 6.66. The maximum Gasteiger partial charge on any atom is 0.310 e. The summed E-state index contributed by atoms with van der Waals surface area (Å²) >= 11 is 1.58. The highest BCUT2D eigenvalue weighted by Crippen LogP contribution is 2.42. The average Bonchev–Trinajstić information content (AvgIpc) is 3.04. The molecule has 160 valence electrons. The Morgan fingerprint density at radius 2 is 2.00 bits per heavy atom. The molecule has 0 atom stereocenters. The second-order valence-electron chi connectivity index (χ2n) is 8.55. The lowest BCUT2D eigenvalue weighted by Gasteiger charge is -2.38. The van der Waals surface area contributed by atoms with Crippen molar-refractivity contribution in [3.8, 4) is 5.06 Å². The number of rotatable bonds is 4. The molecule has 0 unspecified atom stereocenters. The van der Waals surface area contributed by atoms with Crippen molar-refractivity contribution in [1.29, 1.82) is 0 Å². The summed E-state index contributed by atoms with van der Waals surface area (Å²) in [6, 6.07) is 8.30. The molecule has 3 heterocycles. The van der Waals surface area contributed by atoms with Crippen LogP contribution < -0.4 is 10.1 Å². The van der Waals surface area contributed by atoms with Crippen LogP contribution in [0.25, 0.3) is 0 Å². The van der Waals surface area contributed by atoms with Crippen molar-refractivity contribution in [1.82, 2.24) is 9.80 Å². The van der Waals surface area contributed by atoms with Gasteiger partial charge >= 0.3 is 5.97 Å². The van der Waals surface area contributed by atoms with Gasteiger partial charge in [0.25, 0.3) is 0 Å². The van der Waals surface area contributed by atoms with Gasteiger partial charge < -0.3 is 20.1 Å². The van der Waals surface area contributed by atoms with Gasteiger partial charge in [-0.3, -0.25) is 9.69 Å². The number of amidine groups is 1. The number of carboxylic acids is 1. The SMILES string of the molecule is COc1cc2c(s1)Nc1ccc(C)cc1N=C2N1CCN(CC(C)(C)C(=O)O)CC1. The van der Waals surface area contributed by atoms with E-state index in [2.05, 4.69) is 40.2 Å². The summed E-state index contributed by atoms with van der Waals surface area (Å²) in [4.78, 5) is 21.1. The first-order chi connectivity index (χ1) is 14.3. The third kappa shape index (κ3) is 4.02. The Morgan fingerprint density at radius 1 is 1.27 bits per heavy atom. The van der Waals surface area contributed by atoms with E-state index in [1.165, 1.54) is 5.56 Å². The molecular weight excluding hydrogens is 400 g/mol. The fourth-order valence-corrected chi connectivity index (χ4v) is 4.73. The Labute approximate surface area is 181 Å². The van der Waals surface area contributed by atoms with Crippen LogP contribution in [0.3, 0.4) is 0 Å². The van der Waals surface area contributed by atoms with Gasteiger partial charge in [-0.1, -0.05) is 17.4 Å². The molecule has 8 heteroatoms. The number of fused-ring (bicyclic) bond motifs is 2. The van der Waals surface area contributed by atoms with Gasteiger partial charge in [-0.2, -0.15) is 0 Å². The molecule has 2 aliphatic rings. The molecule has 1 aromatic heterocycles. The number of methoxy groups -OCH3 is 1. The number of nitrogens with zero attached hydrogens (tertiary/aromatic N) is 3. The van der Waals surface area contributed by atoms with Crippen molar-refractivity contribution in [3.05, 3.63) is 35.4 Å². The molecule has 0 radical (unpaired) electrons. The van der Waals surface area contributed by atoms with Crippen molar-refractivity contribution < 1.29 is 14.6 Å². The van der Waals surface area contributed by atoms with E-state index in [1.54, 1.807) is 32.3 Å². The standard InChI is InChI=1S/C22H28N4O3S/c1-14-5-6-16-17(11-14)23-19(15-12-18(29-4)30-20(15)24-16)26-9-7-25(8-10-26)13-22(2,3)21(27)28/h5-6,11-12,24H,7-10,13H2,1-4H3,(H,27,28). The minimum atomic E-state index is -0.758. The summed E-state index contributed by atoms with van der Waals surface area (Å²) in [5.74, 6) is 0.185. The number of ether oxygens (including phenoxy) is 1. The topological polar surface area (TPSA) is 77.4 Å². The Kier molecular flexibility index (Phi) is 5.46. The van der Waals surface area contributed by atoms with E-state index in [-0.39, 0.29) is 0 Å². The highest BCUT2D eigenvalue weighted by Gasteiger charge is 2.32. The van der Waals surface area contributed by atoms with E-state index >= 15 is 0 Å². The van der Waals surface area contributed by atoms with Crippen molar-refractivity contribution in [2.75, 3.05) is 45.2 Å². The monoisotopic (exact) mass is 428 g/mol. The van der Waals surface area contributed by atoms with Crippen LogP contribution in [-0.4, -0.2) is 66.5 Å². The first-order valence-electron chi connectivity index (χ1n) is 10.1. The Balaban J connectivity index is 1.61. The molecule has 0 aliphatic carbocycles. The van der Waals surface area contributed by atoms with Crippen LogP contribution in [0.2, 0.25) is 0 Å². The van der Waals surface area contributed by atoms with Gasteiger partial charge in [-0.25, -0.2) is 4.99 Å². The quantitative estimate of drug-likeness (QED) is 0.768. The van der Waals surface area contributed by atoms with E-state index in [4.69, 9.17) is 9.73 Å². The second-order valence-corrected chi connectivity index (χ2v) is 9.56. The zero-order valence-corrected chi connectivity index (χ0v) is 18.7. The molecule has 1 saturated heterocycles. The average molecular weight is 429 g/mol. The molecule has 0 amide bonds. The van der Waals surface area contributed by atoms with E-state index in [1.807, 2.05) is 6.07 Å². The molecule has 2 aliphatic heterocycles. The van der Waals surface area contributed by atoms with Crippen LogP contribution in [0.1, 0.15) is 25.0 Å². The van der Waals surface area contributed by atoms with E-state index in [0.29, 0.717) is 6.54 Å². The summed E-state index contributed by atoms with van der Waals surface area (Å²) in [5, 5.41) is 14.8. The zero-order chi connectivity index (χ0) is 21.5. The van der Waals surface area contributed by atoms with Gasteiger partial charge in [0.05, 0.1) is 29.5 Å². The van der Waals surface area contributed by atoms with Gasteiger partial charge in [0.1, 0.15) is 10.8 Å². The molecule has 1 aromatic carbocycles. The van der Waals surface area contributed by atoms with Crippen molar-refractivity contribution in [2.24, 2.45) is 10.4 Å². The molecule has 2 N–H and O–H groups in total. The van der Waals surface area contributed by atoms with Crippen LogP contribution >= 0.6 is 11.3 Å². The number of aliphatic imine (C=N–C) groups is 1. The molecule has 4 rings (SSSR count). The largest absolute Gasteiger partial charge is 0.487 e. The molecule has 1 fully saturated rings. The fourth-order valence-electron chi connectivity index (χ4n) is 3.85. The number of nitrogens with one attached hydrogen (secondary N) is 1. The van der Waals surface area contributed by atoms with Gasteiger partial charge in [-0.05, 0) is 38.5 Å². The number of piperazine rings is 1. The molecule has 0 spiro atoms. The minimum Gasteiger partial charge on any atom is -0.487 e. The number of hydrogen-bond acceptors (Lipinski definition) is 7. The molecule has 2 aromatic rings. The number of aliphatic carboxylic acids is 1. The van der Waals surface area contributed by atoms with Gasteiger partial charge in [-0.15, -0.1) is 0 Å². The lowest BCUT2D eigenvalue weighted by Crippen LogP contribution is -2.52. The van der Waals surface area contributed by atoms with E-state index < -0.39 is 11.4 Å². The predicted octanol–water partition coefficient (Wildman–Crippen LogP) is 3.93. The number of thiophene rings is 1. The van der Waals surface area contributed by atoms with Crippen LogP contribution in [0.5, 0.6) is 5.06 Å². The lowest BCUT2D eigenvalue weighted by molar-refractivity contribution is -0.148. The molecule has 7 nitrogen and oxygen atoms in total. The lowest BCUT2D eigenvalue weighted by atomic mass is 9.93. The Hall–Kier alpha value is -2.58. The van der Waals surface area contributed by atoms with E-state index in [0.717, 1.165) is 59.0 Å². The number of hydrogen-bond donors (Lipinski definition) is 2. The summed E-state index contributed by atoms with van der Waals surface area (Å²) in [6.45, 7) is 9.39. The highest BCUT2D eigenvalue weighted by atomic mass is 32.1.